The maximum Gasteiger partial charge on any atom is 0.251 e. The second-order valence-electron chi connectivity index (χ2n) is 7.80. The lowest BCUT2D eigenvalue weighted by molar-refractivity contribution is -0.137. The summed E-state index contributed by atoms with van der Waals surface area (Å²) < 4.78 is 7.04. The molecule has 2 aliphatic rings. The third-order valence-electron chi connectivity index (χ3n) is 5.74. The van der Waals surface area contributed by atoms with E-state index in [4.69, 9.17) is 9.57 Å². The van der Waals surface area contributed by atoms with E-state index in [1.807, 2.05) is 0 Å². The first kappa shape index (κ1) is 22.4. The Kier molecular flexibility index (Phi) is 6.54. The summed E-state index contributed by atoms with van der Waals surface area (Å²) in [5.74, 6) is 5.66. The van der Waals surface area contributed by atoms with E-state index in [1.165, 1.54) is 25.1 Å². The van der Waals surface area contributed by atoms with Gasteiger partial charge in [-0.25, -0.2) is 15.4 Å². The van der Waals surface area contributed by atoms with Crippen LogP contribution in [0.5, 0.6) is 0 Å². The standard InChI is InChI=1S/C20H26N6O6/c1-21-19(30)16-14(28)15(29)20(32-16)26-9-22-13-17(25-31-2)23-12(24-18(13)26)8-7-10-5-3-4-6-11(10)27/h9-11,14-16,20,27-29H,3-6H2,1-2H3,(H,21,30)(H,23,24,25)/t10?,11?,14-,15+,16-,20+/m0/s1. The van der Waals surface area contributed by atoms with E-state index in [2.05, 4.69) is 37.6 Å². The number of hydrogen-bond acceptors (Lipinski definition) is 10. The largest absolute Gasteiger partial charge is 0.392 e. The Labute approximate surface area is 183 Å². The number of rotatable bonds is 4. The average Bonchev–Trinajstić information content (AvgIpc) is 3.34. The van der Waals surface area contributed by atoms with Crippen LogP contribution in [0.25, 0.3) is 11.2 Å². The van der Waals surface area contributed by atoms with Crippen molar-refractivity contribution in [3.8, 4) is 11.8 Å². The molecule has 6 atom stereocenters. The minimum Gasteiger partial charge on any atom is -0.392 e. The molecule has 1 saturated heterocycles. The number of aliphatic hydroxyl groups is 3. The van der Waals surface area contributed by atoms with E-state index in [0.717, 1.165) is 19.3 Å². The van der Waals surface area contributed by atoms with Crippen LogP contribution in [-0.2, 0) is 14.4 Å². The maximum atomic E-state index is 12.0. The molecule has 0 spiro atoms. The molecule has 0 aromatic carbocycles. The maximum absolute atomic E-state index is 12.0. The van der Waals surface area contributed by atoms with Crippen LogP contribution in [-0.4, -0.2) is 79.3 Å². The first-order valence-electron chi connectivity index (χ1n) is 10.4. The van der Waals surface area contributed by atoms with E-state index in [1.54, 1.807) is 0 Å². The van der Waals surface area contributed by atoms with Gasteiger partial charge in [0.15, 0.2) is 29.3 Å². The van der Waals surface area contributed by atoms with Crippen molar-refractivity contribution >= 4 is 22.9 Å². The number of likely N-dealkylation sites (N-methyl/N-ethyl adjacent to an activating group) is 1. The lowest BCUT2D eigenvalue weighted by Gasteiger charge is -2.22. The minimum absolute atomic E-state index is 0.157. The molecule has 2 aromatic heterocycles. The molecule has 12 nitrogen and oxygen atoms in total. The van der Waals surface area contributed by atoms with Gasteiger partial charge in [-0.05, 0) is 18.8 Å². The van der Waals surface area contributed by atoms with Crippen LogP contribution in [0.15, 0.2) is 6.33 Å². The van der Waals surface area contributed by atoms with Gasteiger partial charge in [0.05, 0.1) is 19.5 Å². The smallest absolute Gasteiger partial charge is 0.251 e. The van der Waals surface area contributed by atoms with E-state index in [0.29, 0.717) is 11.9 Å². The molecule has 0 radical (unpaired) electrons. The quantitative estimate of drug-likeness (QED) is 0.293. The normalized spacial score (nSPS) is 30.0. The van der Waals surface area contributed by atoms with E-state index in [9.17, 15) is 20.1 Å². The summed E-state index contributed by atoms with van der Waals surface area (Å²) in [5.41, 5.74) is 3.23. The van der Waals surface area contributed by atoms with Crippen molar-refractivity contribution in [3.05, 3.63) is 12.2 Å². The molecule has 5 N–H and O–H groups in total. The third kappa shape index (κ3) is 4.13. The van der Waals surface area contributed by atoms with Gasteiger partial charge in [-0.2, -0.15) is 4.98 Å². The van der Waals surface area contributed by atoms with E-state index in [-0.39, 0.29) is 23.2 Å². The van der Waals surface area contributed by atoms with Gasteiger partial charge in [-0.3, -0.25) is 14.2 Å². The summed E-state index contributed by atoms with van der Waals surface area (Å²) in [4.78, 5) is 30.0. The van der Waals surface area contributed by atoms with Gasteiger partial charge in [0.25, 0.3) is 5.91 Å². The van der Waals surface area contributed by atoms with Crippen LogP contribution in [0, 0.1) is 17.8 Å². The van der Waals surface area contributed by atoms with Crippen LogP contribution in [0.1, 0.15) is 37.7 Å². The van der Waals surface area contributed by atoms with Crippen molar-refractivity contribution in [3.63, 3.8) is 0 Å². The predicted molar refractivity (Wildman–Crippen MR) is 111 cm³/mol. The molecule has 4 rings (SSSR count). The average molecular weight is 446 g/mol. The highest BCUT2D eigenvalue weighted by Crippen LogP contribution is 2.32. The number of aromatic nitrogens is 4. The van der Waals surface area contributed by atoms with E-state index >= 15 is 0 Å². The lowest BCUT2D eigenvalue weighted by Crippen LogP contribution is -2.41. The number of nitrogens with one attached hydrogen (secondary N) is 2. The molecule has 172 valence electrons. The molecule has 0 bridgehead atoms. The highest BCUT2D eigenvalue weighted by atomic mass is 16.6. The van der Waals surface area contributed by atoms with Gasteiger partial charge in [0.2, 0.25) is 5.82 Å². The Bertz CT molecular complexity index is 1050. The number of ether oxygens (including phenoxy) is 1. The zero-order valence-electron chi connectivity index (χ0n) is 17.7. The molecular formula is C20H26N6O6. The topological polar surface area (TPSA) is 164 Å². The van der Waals surface area contributed by atoms with Gasteiger partial charge in [-0.1, -0.05) is 18.8 Å². The molecule has 1 saturated carbocycles. The van der Waals surface area contributed by atoms with Crippen LogP contribution in [0.3, 0.4) is 0 Å². The number of hydrogen-bond donors (Lipinski definition) is 5. The van der Waals surface area contributed by atoms with Crippen molar-refractivity contribution in [2.75, 3.05) is 19.6 Å². The fourth-order valence-corrected chi connectivity index (χ4v) is 4.01. The summed E-state index contributed by atoms with van der Waals surface area (Å²) >= 11 is 0. The first-order chi connectivity index (χ1) is 15.4. The summed E-state index contributed by atoms with van der Waals surface area (Å²) in [6.45, 7) is 0. The third-order valence-corrected chi connectivity index (χ3v) is 5.74. The Morgan fingerprint density at radius 2 is 2.03 bits per heavy atom. The second kappa shape index (κ2) is 9.35. The van der Waals surface area contributed by atoms with Gasteiger partial charge in [-0.15, -0.1) is 0 Å². The number of anilines is 1. The number of fused-ring (bicyclic) bond motifs is 1. The molecule has 32 heavy (non-hydrogen) atoms. The summed E-state index contributed by atoms with van der Waals surface area (Å²) in [7, 11) is 2.83. The molecule has 1 aliphatic heterocycles. The van der Waals surface area contributed by atoms with Gasteiger partial charge in [0, 0.05) is 13.0 Å². The Morgan fingerprint density at radius 1 is 1.25 bits per heavy atom. The molecule has 2 fully saturated rings. The number of imidazole rings is 1. The van der Waals surface area contributed by atoms with Crippen molar-refractivity contribution in [2.45, 2.75) is 56.3 Å². The lowest BCUT2D eigenvalue weighted by atomic mass is 9.87. The van der Waals surface area contributed by atoms with E-state index < -0.39 is 36.6 Å². The number of amides is 1. The molecule has 1 aliphatic carbocycles. The number of aliphatic hydroxyl groups excluding tert-OH is 3. The van der Waals surface area contributed by atoms with Crippen LogP contribution < -0.4 is 10.8 Å². The van der Waals surface area contributed by atoms with Crippen molar-refractivity contribution in [2.24, 2.45) is 5.92 Å². The fourth-order valence-electron chi connectivity index (χ4n) is 4.01. The van der Waals surface area contributed by atoms with Crippen LogP contribution >= 0.6 is 0 Å². The van der Waals surface area contributed by atoms with Crippen molar-refractivity contribution in [1.82, 2.24) is 24.8 Å². The second-order valence-corrected chi connectivity index (χ2v) is 7.80. The summed E-state index contributed by atoms with van der Waals surface area (Å²) in [6.07, 6.45) is -0.778. The molecule has 12 heteroatoms. The minimum atomic E-state index is -1.43. The van der Waals surface area contributed by atoms with Gasteiger partial charge >= 0.3 is 0 Å². The first-order valence-corrected chi connectivity index (χ1v) is 10.4. The van der Waals surface area contributed by atoms with Gasteiger partial charge in [0.1, 0.15) is 12.2 Å². The number of nitrogens with zero attached hydrogens (tertiary/aromatic N) is 4. The predicted octanol–water partition coefficient (Wildman–Crippen LogP) is -0.933. The highest BCUT2D eigenvalue weighted by Gasteiger charge is 2.47. The molecule has 2 unspecified atom stereocenters. The number of carbonyl (C=O) groups excluding carboxylic acids is 1. The Hall–Kier alpha value is -2.82. The fraction of sp³-hybridized carbons (Fsp3) is 0.600. The van der Waals surface area contributed by atoms with Crippen LogP contribution in [0.4, 0.5) is 5.82 Å². The van der Waals surface area contributed by atoms with Crippen LogP contribution in [0.2, 0.25) is 0 Å². The highest BCUT2D eigenvalue weighted by molar-refractivity contribution is 5.83. The van der Waals surface area contributed by atoms with Crippen molar-refractivity contribution in [1.29, 1.82) is 0 Å². The van der Waals surface area contributed by atoms with Gasteiger partial charge < -0.3 is 25.4 Å². The SMILES string of the molecule is CNC(=O)[C@H]1O[C@@H](n2cnc3c(NOC)nc(C#CC4CCCCC4O)nc32)[C@H](O)[C@@H]1O. The summed E-state index contributed by atoms with van der Waals surface area (Å²) in [5, 5.41) is 33.3. The molecular weight excluding hydrogens is 420 g/mol. The number of carbonyl (C=O) groups is 1. The monoisotopic (exact) mass is 446 g/mol. The zero-order chi connectivity index (χ0) is 22.8. The Balaban J connectivity index is 1.72. The zero-order valence-corrected chi connectivity index (χ0v) is 17.7. The molecule has 1 amide bonds. The Morgan fingerprint density at radius 3 is 2.75 bits per heavy atom. The molecule has 2 aromatic rings. The van der Waals surface area contributed by atoms with Crippen molar-refractivity contribution < 1.29 is 29.7 Å². The molecule has 3 heterocycles. The summed E-state index contributed by atoms with van der Waals surface area (Å²) in [6, 6.07) is 0.